The quantitative estimate of drug-likeness (QED) is 0.703. The Kier molecular flexibility index (Phi) is 4.34. The number of quaternary nitrogens is 1. The largest absolute Gasteiger partial charge is 0.237 e. The summed E-state index contributed by atoms with van der Waals surface area (Å²) in [7, 11) is -3.81. The van der Waals surface area contributed by atoms with E-state index in [1.165, 1.54) is 24.3 Å². The van der Waals surface area contributed by atoms with E-state index < -0.39 is 15.7 Å². The number of hydrogen-bond donors (Lipinski definition) is 0. The van der Waals surface area contributed by atoms with Crippen LogP contribution in [0.25, 0.3) is 0 Å². The molecule has 2 aromatic rings. The van der Waals surface area contributed by atoms with Gasteiger partial charge in [0.15, 0.2) is 0 Å². The van der Waals surface area contributed by atoms with E-state index in [4.69, 9.17) is 11.6 Å². The Morgan fingerprint density at radius 2 is 1.74 bits per heavy atom. The van der Waals surface area contributed by atoms with Gasteiger partial charge in [0.25, 0.3) is 0 Å². The van der Waals surface area contributed by atoms with Crippen LogP contribution in [0.1, 0.15) is 5.56 Å². The minimum absolute atomic E-state index is 0.105. The summed E-state index contributed by atoms with van der Waals surface area (Å²) in [6.07, 6.45) is 11.6. The van der Waals surface area contributed by atoms with E-state index >= 15 is 0 Å². The number of nitrogens with zero attached hydrogens (tertiary/aromatic N) is 2. The molecule has 0 aromatic heterocycles. The maximum Gasteiger partial charge on any atom is 0.237 e. The maximum atomic E-state index is 13.6. The van der Waals surface area contributed by atoms with Crippen LogP contribution >= 0.6 is 11.6 Å². The van der Waals surface area contributed by atoms with Gasteiger partial charge in [-0.1, -0.05) is 23.7 Å². The SMILES string of the molecule is O=S(=O)(c1ccc(C[N+]23C=CC=CC2=NC=C3)cc1)c1ccc(Cl)c(F)c1. The highest BCUT2D eigenvalue weighted by atomic mass is 35.5. The summed E-state index contributed by atoms with van der Waals surface area (Å²) in [4.78, 5) is 4.35. The fourth-order valence-electron chi connectivity index (χ4n) is 3.11. The van der Waals surface area contributed by atoms with Gasteiger partial charge in [0.05, 0.1) is 21.0 Å². The molecule has 2 aliphatic rings. The van der Waals surface area contributed by atoms with Crippen LogP contribution in [-0.4, -0.2) is 18.7 Å². The summed E-state index contributed by atoms with van der Waals surface area (Å²) < 4.78 is 39.5. The number of hydrogen-bond acceptors (Lipinski definition) is 3. The first kappa shape index (κ1) is 17.9. The number of allylic oxidation sites excluding steroid dienone is 2. The number of sulfone groups is 1. The van der Waals surface area contributed by atoms with Crippen molar-refractivity contribution in [3.8, 4) is 0 Å². The zero-order valence-corrected chi connectivity index (χ0v) is 15.7. The Bertz CT molecular complexity index is 1140. The van der Waals surface area contributed by atoms with E-state index in [1.807, 2.05) is 30.6 Å². The Morgan fingerprint density at radius 1 is 1.00 bits per heavy atom. The molecule has 136 valence electrons. The normalized spacial score (nSPS) is 20.6. The second kappa shape index (κ2) is 6.56. The lowest BCUT2D eigenvalue weighted by molar-refractivity contribution is -0.743. The van der Waals surface area contributed by atoms with Crippen LogP contribution in [0, 0.1) is 5.82 Å². The van der Waals surface area contributed by atoms with Gasteiger partial charge in [0, 0.05) is 11.6 Å². The number of fused-ring (bicyclic) bond motifs is 1. The molecule has 2 aromatic carbocycles. The van der Waals surface area contributed by atoms with E-state index in [0.717, 1.165) is 17.5 Å². The fourth-order valence-corrected chi connectivity index (χ4v) is 4.50. The van der Waals surface area contributed by atoms with Crippen LogP contribution in [0.3, 0.4) is 0 Å². The van der Waals surface area contributed by atoms with E-state index in [9.17, 15) is 12.8 Å². The van der Waals surface area contributed by atoms with Crippen molar-refractivity contribution in [3.63, 3.8) is 0 Å². The van der Waals surface area contributed by atoms with Gasteiger partial charge < -0.3 is 0 Å². The number of benzene rings is 2. The van der Waals surface area contributed by atoms with Gasteiger partial charge >= 0.3 is 0 Å². The predicted octanol–water partition coefficient (Wildman–Crippen LogP) is 4.60. The zero-order valence-electron chi connectivity index (χ0n) is 14.1. The van der Waals surface area contributed by atoms with E-state index in [1.54, 1.807) is 18.3 Å². The lowest BCUT2D eigenvalue weighted by atomic mass is 10.1. The molecular weight excluding hydrogens is 387 g/mol. The summed E-state index contributed by atoms with van der Waals surface area (Å²) in [5.41, 5.74) is 0.954. The third-order valence-corrected chi connectivity index (χ3v) is 6.63. The molecule has 0 saturated carbocycles. The van der Waals surface area contributed by atoms with E-state index in [0.29, 0.717) is 11.0 Å². The van der Waals surface area contributed by atoms with Crippen LogP contribution in [0.5, 0.6) is 0 Å². The van der Waals surface area contributed by atoms with Gasteiger partial charge in [-0.2, -0.15) is 4.99 Å². The molecule has 0 spiro atoms. The molecule has 0 bridgehead atoms. The van der Waals surface area contributed by atoms with Crippen molar-refractivity contribution in [2.24, 2.45) is 4.99 Å². The third-order valence-electron chi connectivity index (χ3n) is 4.55. The molecule has 7 heteroatoms. The van der Waals surface area contributed by atoms with Gasteiger partial charge in [-0.25, -0.2) is 17.3 Å². The first-order valence-electron chi connectivity index (χ1n) is 8.19. The molecule has 1 unspecified atom stereocenters. The summed E-state index contributed by atoms with van der Waals surface area (Å²) in [5, 5.41) is -0.113. The number of rotatable bonds is 4. The standard InChI is InChI=1S/C20H15ClFN2O2S/c21-18-9-8-17(13-19(18)22)27(25,26)16-6-4-15(5-7-16)14-24-11-2-1-3-20(24)23-10-12-24/h1-13H,14H2/q+1. The summed E-state index contributed by atoms with van der Waals surface area (Å²) in [6, 6.07) is 10.1. The summed E-state index contributed by atoms with van der Waals surface area (Å²) in [6.45, 7) is 0.617. The highest BCUT2D eigenvalue weighted by Gasteiger charge is 2.33. The molecular formula is C20H15ClFN2O2S+. The third kappa shape index (κ3) is 3.16. The van der Waals surface area contributed by atoms with Crippen molar-refractivity contribution in [1.82, 2.24) is 0 Å². The Hall–Kier alpha value is -2.54. The van der Waals surface area contributed by atoms with Crippen LogP contribution in [0.2, 0.25) is 5.02 Å². The van der Waals surface area contributed by atoms with Crippen molar-refractivity contribution < 1.29 is 17.3 Å². The molecule has 4 rings (SSSR count). The average Bonchev–Trinajstić information content (AvgIpc) is 3.07. The van der Waals surface area contributed by atoms with E-state index in [-0.39, 0.29) is 14.8 Å². The Balaban J connectivity index is 1.62. The Morgan fingerprint density at radius 3 is 2.48 bits per heavy atom. The minimum Gasteiger partial charge on any atom is -0.219 e. The molecule has 2 aliphatic heterocycles. The van der Waals surface area contributed by atoms with Crippen molar-refractivity contribution in [2.75, 3.05) is 0 Å². The lowest BCUT2D eigenvalue weighted by Crippen LogP contribution is -2.40. The van der Waals surface area contributed by atoms with Crippen molar-refractivity contribution in [3.05, 3.63) is 95.7 Å². The minimum atomic E-state index is -3.81. The van der Waals surface area contributed by atoms with Gasteiger partial charge in [0.1, 0.15) is 24.8 Å². The molecule has 0 N–H and O–H groups in total. The number of amidine groups is 1. The van der Waals surface area contributed by atoms with Crippen LogP contribution in [0.15, 0.2) is 94.1 Å². The second-order valence-corrected chi connectivity index (χ2v) is 8.65. The first-order chi connectivity index (χ1) is 12.9. The fraction of sp³-hybridized carbons (Fsp3) is 0.0500. The van der Waals surface area contributed by atoms with E-state index in [2.05, 4.69) is 4.99 Å². The molecule has 0 fully saturated rings. The monoisotopic (exact) mass is 401 g/mol. The van der Waals surface area contributed by atoms with Gasteiger partial charge in [-0.05, 0) is 42.5 Å². The van der Waals surface area contributed by atoms with Gasteiger partial charge in [0.2, 0.25) is 15.7 Å². The molecule has 1 atom stereocenters. The maximum absolute atomic E-state index is 13.6. The van der Waals surface area contributed by atoms with Crippen molar-refractivity contribution in [2.45, 2.75) is 16.3 Å². The smallest absolute Gasteiger partial charge is 0.219 e. The molecule has 0 radical (unpaired) electrons. The average molecular weight is 402 g/mol. The first-order valence-corrected chi connectivity index (χ1v) is 10.1. The molecule has 2 heterocycles. The highest BCUT2D eigenvalue weighted by molar-refractivity contribution is 7.91. The van der Waals surface area contributed by atoms with Crippen LogP contribution < -0.4 is 0 Å². The van der Waals surface area contributed by atoms with Gasteiger partial charge in [-0.3, -0.25) is 0 Å². The molecule has 4 nitrogen and oxygen atoms in total. The zero-order chi connectivity index (χ0) is 19.1. The molecule has 0 aliphatic carbocycles. The van der Waals surface area contributed by atoms with Crippen molar-refractivity contribution in [1.29, 1.82) is 0 Å². The molecule has 0 amide bonds. The number of halogens is 2. The molecule has 27 heavy (non-hydrogen) atoms. The topological polar surface area (TPSA) is 46.5 Å². The summed E-state index contributed by atoms with van der Waals surface area (Å²) in [5.74, 6) is 0.147. The lowest BCUT2D eigenvalue weighted by Gasteiger charge is -2.28. The van der Waals surface area contributed by atoms with Crippen LogP contribution in [0.4, 0.5) is 4.39 Å². The number of aliphatic imine (C=N–C) groups is 1. The summed E-state index contributed by atoms with van der Waals surface area (Å²) >= 11 is 5.64. The molecule has 0 saturated heterocycles. The predicted molar refractivity (Wildman–Crippen MR) is 102 cm³/mol. The highest BCUT2D eigenvalue weighted by Crippen LogP contribution is 2.28. The second-order valence-electron chi connectivity index (χ2n) is 6.30. The van der Waals surface area contributed by atoms with Crippen molar-refractivity contribution >= 4 is 27.3 Å². The Labute approximate surface area is 161 Å². The van der Waals surface area contributed by atoms with Gasteiger partial charge in [-0.15, -0.1) is 0 Å². The van der Waals surface area contributed by atoms with Crippen LogP contribution in [-0.2, 0) is 16.4 Å².